The van der Waals surface area contributed by atoms with Gasteiger partial charge in [-0.2, -0.15) is 0 Å². The van der Waals surface area contributed by atoms with Crippen molar-refractivity contribution in [3.05, 3.63) is 64.3 Å². The molecule has 1 aromatic heterocycles. The van der Waals surface area contributed by atoms with Crippen molar-refractivity contribution < 1.29 is 5.11 Å². The Morgan fingerprint density at radius 1 is 1.16 bits per heavy atom. The molecular weight excluding hydrogens is 240 g/mol. The van der Waals surface area contributed by atoms with Crippen LogP contribution in [0.2, 0.25) is 0 Å². The van der Waals surface area contributed by atoms with Gasteiger partial charge >= 0.3 is 0 Å². The van der Waals surface area contributed by atoms with Crippen LogP contribution in [-0.2, 0) is 6.54 Å². The predicted molar refractivity (Wildman–Crippen MR) is 74.0 cm³/mol. The SMILES string of the molecule is CC(C)c1ccc(C(O)Cn2cnccc2=O)cc1. The molecule has 100 valence electrons. The molecule has 0 amide bonds. The maximum Gasteiger partial charge on any atom is 0.253 e. The summed E-state index contributed by atoms with van der Waals surface area (Å²) in [5.41, 5.74) is 1.88. The van der Waals surface area contributed by atoms with Crippen LogP contribution in [0, 0.1) is 0 Å². The van der Waals surface area contributed by atoms with Gasteiger partial charge in [0.25, 0.3) is 5.56 Å². The van der Waals surface area contributed by atoms with Crippen LogP contribution < -0.4 is 5.56 Å². The quantitative estimate of drug-likeness (QED) is 0.913. The van der Waals surface area contributed by atoms with Crippen LogP contribution in [0.1, 0.15) is 37.0 Å². The number of nitrogens with zero attached hydrogens (tertiary/aromatic N) is 2. The molecule has 1 unspecified atom stereocenters. The van der Waals surface area contributed by atoms with Crippen molar-refractivity contribution in [1.82, 2.24) is 9.55 Å². The van der Waals surface area contributed by atoms with E-state index in [1.165, 1.54) is 28.7 Å². The second-order valence-electron chi connectivity index (χ2n) is 4.91. The smallest absolute Gasteiger partial charge is 0.253 e. The van der Waals surface area contributed by atoms with Gasteiger partial charge in [0.2, 0.25) is 0 Å². The van der Waals surface area contributed by atoms with Gasteiger partial charge in [0.15, 0.2) is 0 Å². The molecule has 0 radical (unpaired) electrons. The van der Waals surface area contributed by atoms with Crippen LogP contribution in [0.15, 0.2) is 47.7 Å². The Morgan fingerprint density at radius 3 is 2.37 bits per heavy atom. The molecule has 1 atom stereocenters. The fraction of sp³-hybridized carbons (Fsp3) is 0.333. The fourth-order valence-corrected chi connectivity index (χ4v) is 1.91. The largest absolute Gasteiger partial charge is 0.387 e. The Bertz CT molecular complexity index is 588. The van der Waals surface area contributed by atoms with E-state index in [0.717, 1.165) is 5.56 Å². The molecule has 0 fully saturated rings. The van der Waals surface area contributed by atoms with Gasteiger partial charge in [0, 0.05) is 12.3 Å². The summed E-state index contributed by atoms with van der Waals surface area (Å²) in [6, 6.07) is 9.21. The third-order valence-corrected chi connectivity index (χ3v) is 3.15. The van der Waals surface area contributed by atoms with Crippen LogP contribution in [-0.4, -0.2) is 14.7 Å². The molecule has 2 aromatic rings. The lowest BCUT2D eigenvalue weighted by molar-refractivity contribution is 0.154. The van der Waals surface area contributed by atoms with Gasteiger partial charge in [-0.1, -0.05) is 38.1 Å². The predicted octanol–water partition coefficient (Wildman–Crippen LogP) is 2.10. The first kappa shape index (κ1) is 13.5. The monoisotopic (exact) mass is 258 g/mol. The summed E-state index contributed by atoms with van der Waals surface area (Å²) in [6.45, 7) is 4.47. The van der Waals surface area contributed by atoms with E-state index in [0.29, 0.717) is 5.92 Å². The normalized spacial score (nSPS) is 12.6. The summed E-state index contributed by atoms with van der Waals surface area (Å²) in [7, 11) is 0. The molecule has 1 N–H and O–H groups in total. The van der Waals surface area contributed by atoms with Crippen molar-refractivity contribution in [1.29, 1.82) is 0 Å². The van der Waals surface area contributed by atoms with Crippen LogP contribution in [0.5, 0.6) is 0 Å². The Hall–Kier alpha value is -1.94. The molecule has 0 aliphatic heterocycles. The highest BCUT2D eigenvalue weighted by molar-refractivity contribution is 5.26. The number of benzene rings is 1. The number of hydrogen-bond donors (Lipinski definition) is 1. The summed E-state index contributed by atoms with van der Waals surface area (Å²) in [4.78, 5) is 15.4. The second kappa shape index (κ2) is 5.80. The lowest BCUT2D eigenvalue weighted by Crippen LogP contribution is -2.22. The Balaban J connectivity index is 2.14. The lowest BCUT2D eigenvalue weighted by atomic mass is 10.00. The summed E-state index contributed by atoms with van der Waals surface area (Å²) in [6.07, 6.45) is 2.18. The van der Waals surface area contributed by atoms with Crippen LogP contribution in [0.3, 0.4) is 0 Å². The number of aliphatic hydroxyl groups excluding tert-OH is 1. The summed E-state index contributed by atoms with van der Waals surface area (Å²) < 4.78 is 1.40. The third kappa shape index (κ3) is 3.29. The molecule has 2 rings (SSSR count). The minimum atomic E-state index is -0.705. The van der Waals surface area contributed by atoms with E-state index in [4.69, 9.17) is 0 Å². The first-order chi connectivity index (χ1) is 9.08. The Kier molecular flexibility index (Phi) is 4.12. The maximum atomic E-state index is 11.5. The molecule has 4 heteroatoms. The first-order valence-corrected chi connectivity index (χ1v) is 6.36. The highest BCUT2D eigenvalue weighted by Crippen LogP contribution is 2.19. The average Bonchev–Trinajstić information content (AvgIpc) is 2.41. The minimum Gasteiger partial charge on any atom is -0.387 e. The zero-order valence-corrected chi connectivity index (χ0v) is 11.2. The summed E-state index contributed by atoms with van der Waals surface area (Å²) in [5.74, 6) is 0.465. The van der Waals surface area contributed by atoms with Crippen LogP contribution >= 0.6 is 0 Å². The van der Waals surface area contributed by atoms with Crippen molar-refractivity contribution in [2.75, 3.05) is 0 Å². The number of aliphatic hydroxyl groups is 1. The van der Waals surface area contributed by atoms with Gasteiger partial charge < -0.3 is 5.11 Å². The number of hydrogen-bond acceptors (Lipinski definition) is 3. The molecular formula is C15H18N2O2. The third-order valence-electron chi connectivity index (χ3n) is 3.15. The van der Waals surface area contributed by atoms with E-state index in [2.05, 4.69) is 18.8 Å². The van der Waals surface area contributed by atoms with E-state index in [1.807, 2.05) is 24.3 Å². The van der Waals surface area contributed by atoms with Gasteiger partial charge in [-0.25, -0.2) is 4.98 Å². The van der Waals surface area contributed by atoms with Crippen molar-refractivity contribution in [2.24, 2.45) is 0 Å². The molecule has 0 saturated carbocycles. The zero-order valence-electron chi connectivity index (χ0n) is 11.2. The Morgan fingerprint density at radius 2 is 1.79 bits per heavy atom. The molecule has 0 saturated heterocycles. The topological polar surface area (TPSA) is 55.1 Å². The fourth-order valence-electron chi connectivity index (χ4n) is 1.91. The second-order valence-corrected chi connectivity index (χ2v) is 4.91. The standard InChI is InChI=1S/C15H18N2O2/c1-11(2)12-3-5-13(6-4-12)14(18)9-17-10-16-8-7-15(17)19/h3-8,10-11,14,18H,9H2,1-2H3. The highest BCUT2D eigenvalue weighted by atomic mass is 16.3. The summed E-state index contributed by atoms with van der Waals surface area (Å²) in [5, 5.41) is 10.1. The zero-order chi connectivity index (χ0) is 13.8. The van der Waals surface area contributed by atoms with E-state index in [9.17, 15) is 9.90 Å². The van der Waals surface area contributed by atoms with Gasteiger partial charge in [-0.05, 0) is 17.0 Å². The van der Waals surface area contributed by atoms with E-state index < -0.39 is 6.10 Å². The first-order valence-electron chi connectivity index (χ1n) is 6.36. The Labute approximate surface area is 112 Å². The molecule has 0 aliphatic carbocycles. The van der Waals surface area contributed by atoms with Crippen LogP contribution in [0.25, 0.3) is 0 Å². The van der Waals surface area contributed by atoms with Crippen LogP contribution in [0.4, 0.5) is 0 Å². The van der Waals surface area contributed by atoms with Crippen molar-refractivity contribution in [2.45, 2.75) is 32.4 Å². The maximum absolute atomic E-state index is 11.5. The molecule has 0 spiro atoms. The van der Waals surface area contributed by atoms with Crippen molar-refractivity contribution >= 4 is 0 Å². The number of rotatable bonds is 4. The van der Waals surface area contributed by atoms with Gasteiger partial charge in [-0.15, -0.1) is 0 Å². The molecule has 1 heterocycles. The van der Waals surface area contributed by atoms with Crippen molar-refractivity contribution in [3.63, 3.8) is 0 Å². The van der Waals surface area contributed by atoms with E-state index in [-0.39, 0.29) is 12.1 Å². The molecule has 4 nitrogen and oxygen atoms in total. The average molecular weight is 258 g/mol. The van der Waals surface area contributed by atoms with Gasteiger partial charge in [0.05, 0.1) is 19.0 Å². The van der Waals surface area contributed by atoms with E-state index >= 15 is 0 Å². The number of aromatic nitrogens is 2. The van der Waals surface area contributed by atoms with Crippen molar-refractivity contribution in [3.8, 4) is 0 Å². The summed E-state index contributed by atoms with van der Waals surface area (Å²) >= 11 is 0. The molecule has 1 aromatic carbocycles. The molecule has 0 aliphatic rings. The minimum absolute atomic E-state index is 0.159. The van der Waals surface area contributed by atoms with Gasteiger partial charge in [-0.3, -0.25) is 9.36 Å². The molecule has 19 heavy (non-hydrogen) atoms. The lowest BCUT2D eigenvalue weighted by Gasteiger charge is -2.13. The van der Waals surface area contributed by atoms with E-state index in [1.54, 1.807) is 0 Å². The van der Waals surface area contributed by atoms with Gasteiger partial charge in [0.1, 0.15) is 0 Å². The highest BCUT2D eigenvalue weighted by Gasteiger charge is 2.09. The molecule has 0 bridgehead atoms.